The first-order chi connectivity index (χ1) is 14.1. The zero-order valence-electron chi connectivity index (χ0n) is 16.8. The topological polar surface area (TPSA) is 120 Å². The number of aliphatic hydroxyl groups excluding tert-OH is 1. The maximum Gasteiger partial charge on any atom is 0.225 e. The van der Waals surface area contributed by atoms with E-state index in [0.29, 0.717) is 41.0 Å². The molecule has 0 unspecified atom stereocenters. The molecule has 1 aliphatic carbocycles. The highest BCUT2D eigenvalue weighted by Crippen LogP contribution is 2.36. The van der Waals surface area contributed by atoms with Crippen molar-refractivity contribution < 1.29 is 5.11 Å². The summed E-state index contributed by atoms with van der Waals surface area (Å²) in [7, 11) is 3.55. The van der Waals surface area contributed by atoms with E-state index in [-0.39, 0.29) is 6.04 Å². The van der Waals surface area contributed by atoms with Gasteiger partial charge in [-0.25, -0.2) is 9.97 Å². The van der Waals surface area contributed by atoms with Gasteiger partial charge in [0.1, 0.15) is 11.0 Å². The molecule has 9 nitrogen and oxygen atoms in total. The van der Waals surface area contributed by atoms with Crippen LogP contribution in [0.5, 0.6) is 0 Å². The Morgan fingerprint density at radius 1 is 0.966 bits per heavy atom. The molecule has 0 fully saturated rings. The molecule has 0 saturated heterocycles. The smallest absolute Gasteiger partial charge is 0.225 e. The average Bonchev–Trinajstić information content (AvgIpc) is 3.06. The molecule has 0 saturated carbocycles. The number of benzene rings is 1. The van der Waals surface area contributed by atoms with E-state index < -0.39 is 6.10 Å². The fourth-order valence-electron chi connectivity index (χ4n) is 3.60. The van der Waals surface area contributed by atoms with Gasteiger partial charge < -0.3 is 26.4 Å². The molecule has 1 aliphatic rings. The maximum absolute atomic E-state index is 10.7. The number of rotatable bonds is 7. The van der Waals surface area contributed by atoms with Crippen molar-refractivity contribution in [2.45, 2.75) is 31.9 Å². The number of aromatic nitrogens is 4. The quantitative estimate of drug-likeness (QED) is 0.411. The lowest BCUT2D eigenvalue weighted by molar-refractivity contribution is 0.165. The summed E-state index contributed by atoms with van der Waals surface area (Å²) in [5.41, 5.74) is 3.43. The molecule has 29 heavy (non-hydrogen) atoms. The molecule has 0 aliphatic heterocycles. The van der Waals surface area contributed by atoms with Crippen LogP contribution < -0.4 is 21.3 Å². The minimum absolute atomic E-state index is 0.269. The van der Waals surface area contributed by atoms with Crippen LogP contribution in [0.25, 0.3) is 11.0 Å². The van der Waals surface area contributed by atoms with Gasteiger partial charge in [0.25, 0.3) is 0 Å². The first-order valence-electron chi connectivity index (χ1n) is 9.86. The van der Waals surface area contributed by atoms with Crippen molar-refractivity contribution in [1.82, 2.24) is 19.9 Å². The molecule has 3 aromatic rings. The number of nitrogens with zero attached hydrogens (tertiary/aromatic N) is 4. The molecule has 0 radical (unpaired) electrons. The van der Waals surface area contributed by atoms with Gasteiger partial charge in [-0.3, -0.25) is 0 Å². The molecule has 1 aromatic carbocycles. The van der Waals surface area contributed by atoms with Crippen LogP contribution in [0.4, 0.5) is 23.5 Å². The number of hydrogen-bond acceptors (Lipinski definition) is 9. The largest absolute Gasteiger partial charge is 0.390 e. The second-order valence-electron chi connectivity index (χ2n) is 7.01. The lowest BCUT2D eigenvalue weighted by atomic mass is 10.1. The number of anilines is 4. The minimum Gasteiger partial charge on any atom is -0.390 e. The predicted octanol–water partition coefficient (Wildman–Crippen LogP) is 2.40. The van der Waals surface area contributed by atoms with Crippen LogP contribution in [0.3, 0.4) is 0 Å². The molecule has 4 rings (SSSR count). The van der Waals surface area contributed by atoms with E-state index in [1.54, 1.807) is 14.1 Å². The maximum atomic E-state index is 10.7. The summed E-state index contributed by atoms with van der Waals surface area (Å²) in [6.45, 7) is 2.86. The molecule has 2 aromatic heterocycles. The molecule has 0 bridgehead atoms. The third-order valence-corrected chi connectivity index (χ3v) is 5.03. The Hall–Kier alpha value is -3.20. The highest BCUT2D eigenvalue weighted by atomic mass is 16.3. The van der Waals surface area contributed by atoms with E-state index in [1.807, 2.05) is 24.3 Å². The van der Waals surface area contributed by atoms with Gasteiger partial charge in [-0.2, -0.15) is 9.97 Å². The highest BCUT2D eigenvalue weighted by Gasteiger charge is 2.32. The van der Waals surface area contributed by atoms with Gasteiger partial charge in [0.2, 0.25) is 11.9 Å². The van der Waals surface area contributed by atoms with Crippen molar-refractivity contribution in [2.75, 3.05) is 41.9 Å². The van der Waals surface area contributed by atoms with Crippen LogP contribution in [0.15, 0.2) is 24.3 Å². The van der Waals surface area contributed by atoms with Gasteiger partial charge in [-0.05, 0) is 17.5 Å². The summed E-state index contributed by atoms with van der Waals surface area (Å²) < 4.78 is 0. The summed E-state index contributed by atoms with van der Waals surface area (Å²) in [5, 5.41) is 23.4. The van der Waals surface area contributed by atoms with Gasteiger partial charge in [0.05, 0.1) is 12.1 Å². The zero-order valence-corrected chi connectivity index (χ0v) is 16.8. The van der Waals surface area contributed by atoms with Crippen molar-refractivity contribution in [1.29, 1.82) is 0 Å². The fourth-order valence-corrected chi connectivity index (χ4v) is 3.60. The molecule has 0 amide bonds. The van der Waals surface area contributed by atoms with E-state index in [9.17, 15) is 5.11 Å². The standard InChI is InChI=1S/C20H26N8O/c1-4-9-23-17-15-16(26-19(21-2)27-17)18(28-20(22-3)25-15)24-14-12-8-6-5-7-11(12)10-13(14)29/h5-8,13-14,29H,4,9-10H2,1-3H3,(H2,21,23,26,27)(H2,22,24,25,28)/t13-,14-/m0/s1. The van der Waals surface area contributed by atoms with Gasteiger partial charge in [-0.15, -0.1) is 0 Å². The molecular formula is C20H26N8O. The number of nitrogens with one attached hydrogen (secondary N) is 4. The lowest BCUT2D eigenvalue weighted by Crippen LogP contribution is -2.22. The van der Waals surface area contributed by atoms with Crippen LogP contribution in [0, 0.1) is 0 Å². The third-order valence-electron chi connectivity index (χ3n) is 5.03. The number of hydrogen-bond donors (Lipinski definition) is 5. The summed E-state index contributed by atoms with van der Waals surface area (Å²) in [6.07, 6.45) is 1.02. The van der Waals surface area contributed by atoms with Crippen molar-refractivity contribution in [3.05, 3.63) is 35.4 Å². The minimum atomic E-state index is -0.543. The summed E-state index contributed by atoms with van der Waals surface area (Å²) >= 11 is 0. The molecule has 9 heteroatoms. The van der Waals surface area contributed by atoms with Crippen LogP contribution in [-0.2, 0) is 6.42 Å². The summed E-state index contributed by atoms with van der Waals surface area (Å²) in [4.78, 5) is 18.3. The zero-order chi connectivity index (χ0) is 20.4. The van der Waals surface area contributed by atoms with Gasteiger partial charge in [-0.1, -0.05) is 31.2 Å². The Balaban J connectivity index is 1.83. The Kier molecular flexibility index (Phi) is 5.30. The van der Waals surface area contributed by atoms with Crippen LogP contribution in [0.1, 0.15) is 30.5 Å². The van der Waals surface area contributed by atoms with Crippen LogP contribution in [-0.4, -0.2) is 51.8 Å². The number of fused-ring (bicyclic) bond motifs is 2. The van der Waals surface area contributed by atoms with E-state index in [1.165, 1.54) is 0 Å². The SMILES string of the molecule is CCCNc1nc(NC)nc2c(N[C@H]3c4ccccc4C[C@@H]3O)nc(NC)nc12. The second kappa shape index (κ2) is 8.04. The first-order valence-corrected chi connectivity index (χ1v) is 9.86. The van der Waals surface area contributed by atoms with Gasteiger partial charge >= 0.3 is 0 Å². The van der Waals surface area contributed by atoms with Crippen LogP contribution >= 0.6 is 0 Å². The van der Waals surface area contributed by atoms with E-state index in [4.69, 9.17) is 0 Å². The first kappa shape index (κ1) is 19.1. The van der Waals surface area contributed by atoms with Gasteiger partial charge in [0, 0.05) is 27.1 Å². The highest BCUT2D eigenvalue weighted by molar-refractivity contribution is 5.94. The van der Waals surface area contributed by atoms with Crippen molar-refractivity contribution in [3.8, 4) is 0 Å². The Bertz CT molecular complexity index is 1020. The molecule has 2 atom stereocenters. The fraction of sp³-hybridized carbons (Fsp3) is 0.400. The van der Waals surface area contributed by atoms with Crippen molar-refractivity contribution in [2.24, 2.45) is 0 Å². The van der Waals surface area contributed by atoms with Crippen molar-refractivity contribution in [3.63, 3.8) is 0 Å². The molecule has 0 spiro atoms. The normalized spacial score (nSPS) is 17.8. The molecular weight excluding hydrogens is 368 g/mol. The average molecular weight is 394 g/mol. The van der Waals surface area contributed by atoms with E-state index in [2.05, 4.69) is 48.1 Å². The molecule has 2 heterocycles. The summed E-state index contributed by atoms with van der Waals surface area (Å²) in [6, 6.07) is 7.79. The Morgan fingerprint density at radius 2 is 1.62 bits per heavy atom. The van der Waals surface area contributed by atoms with Crippen molar-refractivity contribution >= 4 is 34.6 Å². The monoisotopic (exact) mass is 394 g/mol. The second-order valence-corrected chi connectivity index (χ2v) is 7.01. The third kappa shape index (κ3) is 3.61. The van der Waals surface area contributed by atoms with E-state index >= 15 is 0 Å². The van der Waals surface area contributed by atoms with Gasteiger partial charge in [0.15, 0.2) is 11.6 Å². The lowest BCUT2D eigenvalue weighted by Gasteiger charge is -2.20. The summed E-state index contributed by atoms with van der Waals surface area (Å²) in [5.74, 6) is 2.14. The predicted molar refractivity (Wildman–Crippen MR) is 116 cm³/mol. The Labute approximate surface area is 169 Å². The molecule has 5 N–H and O–H groups in total. The Morgan fingerprint density at radius 3 is 2.31 bits per heavy atom. The van der Waals surface area contributed by atoms with E-state index in [0.717, 1.165) is 24.1 Å². The molecule has 152 valence electrons. The van der Waals surface area contributed by atoms with Crippen LogP contribution in [0.2, 0.25) is 0 Å². The number of aliphatic hydroxyl groups is 1.